The lowest BCUT2D eigenvalue weighted by Gasteiger charge is -2.10. The molecule has 2 aromatic rings. The van der Waals surface area contributed by atoms with Crippen LogP contribution in [0.1, 0.15) is 37.0 Å². The SMILES string of the molecule is CC(C)NS(=O)(=O)c1ccc(C(=O)NCCCCn2ccnc2)cc1. The third kappa shape index (κ3) is 5.99. The summed E-state index contributed by atoms with van der Waals surface area (Å²) in [5.74, 6) is -0.205. The van der Waals surface area contributed by atoms with E-state index in [0.29, 0.717) is 12.1 Å². The van der Waals surface area contributed by atoms with Gasteiger partial charge >= 0.3 is 0 Å². The number of aromatic nitrogens is 2. The molecular weight excluding hydrogens is 340 g/mol. The van der Waals surface area contributed by atoms with Gasteiger partial charge in [0.25, 0.3) is 5.91 Å². The van der Waals surface area contributed by atoms with Crippen LogP contribution in [0.3, 0.4) is 0 Å². The second kappa shape index (κ2) is 8.77. The van der Waals surface area contributed by atoms with Gasteiger partial charge in [0.15, 0.2) is 0 Å². The highest BCUT2D eigenvalue weighted by molar-refractivity contribution is 7.89. The van der Waals surface area contributed by atoms with Crippen LogP contribution in [0, 0.1) is 0 Å². The Bertz CT molecular complexity index is 769. The summed E-state index contributed by atoms with van der Waals surface area (Å²) in [5.41, 5.74) is 0.443. The van der Waals surface area contributed by atoms with Gasteiger partial charge < -0.3 is 9.88 Å². The molecule has 0 aliphatic heterocycles. The average Bonchev–Trinajstić information content (AvgIpc) is 3.06. The Morgan fingerprint density at radius 3 is 2.52 bits per heavy atom. The van der Waals surface area contributed by atoms with Crippen molar-refractivity contribution in [3.05, 3.63) is 48.5 Å². The first-order valence-electron chi connectivity index (χ1n) is 8.25. The third-order valence-corrected chi connectivity index (χ3v) is 5.18. The van der Waals surface area contributed by atoms with Crippen molar-refractivity contribution in [3.63, 3.8) is 0 Å². The normalized spacial score (nSPS) is 11.6. The average molecular weight is 364 g/mol. The van der Waals surface area contributed by atoms with Gasteiger partial charge in [-0.1, -0.05) is 0 Å². The number of rotatable bonds is 9. The van der Waals surface area contributed by atoms with Gasteiger partial charge in [-0.2, -0.15) is 0 Å². The monoisotopic (exact) mass is 364 g/mol. The summed E-state index contributed by atoms with van der Waals surface area (Å²) < 4.78 is 28.6. The van der Waals surface area contributed by atoms with E-state index in [2.05, 4.69) is 15.0 Å². The van der Waals surface area contributed by atoms with Crippen LogP contribution in [0.25, 0.3) is 0 Å². The van der Waals surface area contributed by atoms with Crippen LogP contribution < -0.4 is 10.0 Å². The van der Waals surface area contributed by atoms with E-state index in [4.69, 9.17) is 0 Å². The molecule has 0 saturated carbocycles. The van der Waals surface area contributed by atoms with Crippen molar-refractivity contribution in [2.24, 2.45) is 0 Å². The topological polar surface area (TPSA) is 93.1 Å². The zero-order valence-corrected chi connectivity index (χ0v) is 15.3. The molecule has 1 aromatic heterocycles. The van der Waals surface area contributed by atoms with E-state index >= 15 is 0 Å². The van der Waals surface area contributed by atoms with Crippen molar-refractivity contribution in [1.29, 1.82) is 0 Å². The minimum Gasteiger partial charge on any atom is -0.352 e. The van der Waals surface area contributed by atoms with Crippen LogP contribution in [0.15, 0.2) is 47.9 Å². The number of nitrogens with zero attached hydrogens (tertiary/aromatic N) is 2. The molecule has 1 aromatic carbocycles. The summed E-state index contributed by atoms with van der Waals surface area (Å²) in [4.78, 5) is 16.2. The van der Waals surface area contributed by atoms with E-state index in [1.54, 1.807) is 26.4 Å². The Balaban J connectivity index is 1.80. The van der Waals surface area contributed by atoms with E-state index in [9.17, 15) is 13.2 Å². The molecule has 0 spiro atoms. The van der Waals surface area contributed by atoms with Gasteiger partial charge in [0.1, 0.15) is 0 Å². The van der Waals surface area contributed by atoms with Crippen molar-refractivity contribution in [3.8, 4) is 0 Å². The van der Waals surface area contributed by atoms with Gasteiger partial charge in [-0.25, -0.2) is 18.1 Å². The highest BCUT2D eigenvalue weighted by atomic mass is 32.2. The fourth-order valence-corrected chi connectivity index (χ4v) is 3.56. The van der Waals surface area contributed by atoms with Crippen molar-refractivity contribution in [2.45, 2.75) is 44.2 Å². The fourth-order valence-electron chi connectivity index (χ4n) is 2.31. The van der Waals surface area contributed by atoms with Gasteiger partial charge in [-0.15, -0.1) is 0 Å². The highest BCUT2D eigenvalue weighted by Gasteiger charge is 2.15. The minimum atomic E-state index is -3.54. The molecule has 8 heteroatoms. The molecule has 1 amide bonds. The predicted molar refractivity (Wildman–Crippen MR) is 95.7 cm³/mol. The van der Waals surface area contributed by atoms with E-state index in [0.717, 1.165) is 19.4 Å². The molecule has 25 heavy (non-hydrogen) atoms. The van der Waals surface area contributed by atoms with Crippen LogP contribution in [0.2, 0.25) is 0 Å². The molecule has 0 fully saturated rings. The molecule has 2 rings (SSSR count). The zero-order valence-electron chi connectivity index (χ0n) is 14.5. The Morgan fingerprint density at radius 1 is 1.20 bits per heavy atom. The van der Waals surface area contributed by atoms with Gasteiger partial charge in [-0.05, 0) is 51.0 Å². The molecule has 0 saturated heterocycles. The number of carbonyl (C=O) groups excluding carboxylic acids is 1. The summed E-state index contributed by atoms with van der Waals surface area (Å²) in [5, 5.41) is 2.84. The smallest absolute Gasteiger partial charge is 0.251 e. The molecule has 2 N–H and O–H groups in total. The van der Waals surface area contributed by atoms with E-state index < -0.39 is 10.0 Å². The van der Waals surface area contributed by atoms with E-state index in [1.165, 1.54) is 24.3 Å². The van der Waals surface area contributed by atoms with Crippen molar-refractivity contribution in [1.82, 2.24) is 19.6 Å². The molecule has 136 valence electrons. The number of aryl methyl sites for hydroxylation is 1. The van der Waals surface area contributed by atoms with Gasteiger partial charge in [-0.3, -0.25) is 4.79 Å². The Labute approximate surface area is 148 Å². The lowest BCUT2D eigenvalue weighted by molar-refractivity contribution is 0.0952. The maximum absolute atomic E-state index is 12.1. The number of sulfonamides is 1. The van der Waals surface area contributed by atoms with Gasteiger partial charge in [0.05, 0.1) is 11.2 Å². The van der Waals surface area contributed by atoms with Crippen LogP contribution in [-0.2, 0) is 16.6 Å². The number of amides is 1. The molecule has 0 aliphatic rings. The summed E-state index contributed by atoms with van der Waals surface area (Å²) in [7, 11) is -3.54. The largest absolute Gasteiger partial charge is 0.352 e. The molecule has 7 nitrogen and oxygen atoms in total. The number of imidazole rings is 1. The number of benzene rings is 1. The summed E-state index contributed by atoms with van der Waals surface area (Å²) >= 11 is 0. The highest BCUT2D eigenvalue weighted by Crippen LogP contribution is 2.11. The molecular formula is C17H24N4O3S. The lowest BCUT2D eigenvalue weighted by atomic mass is 10.2. The van der Waals surface area contributed by atoms with Crippen LogP contribution in [0.4, 0.5) is 0 Å². The second-order valence-corrected chi connectivity index (χ2v) is 7.78. The van der Waals surface area contributed by atoms with Crippen LogP contribution >= 0.6 is 0 Å². The number of unbranched alkanes of at least 4 members (excludes halogenated alkanes) is 1. The third-order valence-electron chi connectivity index (χ3n) is 3.51. The Morgan fingerprint density at radius 2 is 1.92 bits per heavy atom. The van der Waals surface area contributed by atoms with Crippen molar-refractivity contribution >= 4 is 15.9 Å². The lowest BCUT2D eigenvalue weighted by Crippen LogP contribution is -2.30. The summed E-state index contributed by atoms with van der Waals surface area (Å²) in [6.45, 7) is 4.95. The number of carbonyl (C=O) groups is 1. The quantitative estimate of drug-likeness (QED) is 0.663. The van der Waals surface area contributed by atoms with Gasteiger partial charge in [0.2, 0.25) is 10.0 Å². The molecule has 0 bridgehead atoms. The molecule has 1 heterocycles. The Kier molecular flexibility index (Phi) is 6.72. The van der Waals surface area contributed by atoms with Crippen LogP contribution in [-0.4, -0.2) is 36.5 Å². The molecule has 0 unspecified atom stereocenters. The predicted octanol–water partition coefficient (Wildman–Crippen LogP) is 1.78. The molecule has 0 radical (unpaired) electrons. The number of hydrogen-bond donors (Lipinski definition) is 2. The summed E-state index contributed by atoms with van der Waals surface area (Å²) in [6.07, 6.45) is 7.20. The van der Waals surface area contributed by atoms with Crippen LogP contribution in [0.5, 0.6) is 0 Å². The maximum Gasteiger partial charge on any atom is 0.251 e. The zero-order chi connectivity index (χ0) is 18.3. The fraction of sp³-hybridized carbons (Fsp3) is 0.412. The molecule has 0 atom stereocenters. The standard InChI is InChI=1S/C17H24N4O3S/c1-14(2)20-25(23,24)16-7-5-15(6-8-16)17(22)19-9-3-4-11-21-12-10-18-13-21/h5-8,10,12-14,20H,3-4,9,11H2,1-2H3,(H,19,22). The summed E-state index contributed by atoms with van der Waals surface area (Å²) in [6, 6.07) is 5.75. The number of nitrogens with one attached hydrogen (secondary N) is 2. The second-order valence-electron chi connectivity index (χ2n) is 6.06. The first-order chi connectivity index (χ1) is 11.9. The first-order valence-corrected chi connectivity index (χ1v) is 9.73. The molecule has 0 aliphatic carbocycles. The van der Waals surface area contributed by atoms with Gasteiger partial charge in [0, 0.05) is 37.1 Å². The first kappa shape index (κ1) is 19.1. The Hall–Kier alpha value is -2.19. The van der Waals surface area contributed by atoms with E-state index in [-0.39, 0.29) is 16.8 Å². The van der Waals surface area contributed by atoms with Crippen molar-refractivity contribution in [2.75, 3.05) is 6.54 Å². The van der Waals surface area contributed by atoms with Crippen molar-refractivity contribution < 1.29 is 13.2 Å². The van der Waals surface area contributed by atoms with E-state index in [1.807, 2.05) is 10.8 Å². The minimum absolute atomic E-state index is 0.151. The maximum atomic E-state index is 12.1. The number of hydrogen-bond acceptors (Lipinski definition) is 4.